The summed E-state index contributed by atoms with van der Waals surface area (Å²) < 4.78 is 5.37. The summed E-state index contributed by atoms with van der Waals surface area (Å²) in [6, 6.07) is 12.2. The van der Waals surface area contributed by atoms with E-state index in [0.29, 0.717) is 12.1 Å². The molecule has 0 saturated heterocycles. The highest BCUT2D eigenvalue weighted by atomic mass is 16.6. The van der Waals surface area contributed by atoms with E-state index in [9.17, 15) is 14.7 Å². The minimum absolute atomic E-state index is 0.114. The van der Waals surface area contributed by atoms with E-state index in [-0.39, 0.29) is 6.61 Å². The number of benzene rings is 2. The molecular formula is C19H19NO4. The number of hydrogen-bond acceptors (Lipinski definition) is 3. The van der Waals surface area contributed by atoms with Gasteiger partial charge in [-0.15, -0.1) is 0 Å². The van der Waals surface area contributed by atoms with E-state index < -0.39 is 18.1 Å². The van der Waals surface area contributed by atoms with Crippen LogP contribution in [0, 0.1) is 13.8 Å². The van der Waals surface area contributed by atoms with Gasteiger partial charge in [0, 0.05) is 6.42 Å². The molecule has 0 aliphatic carbocycles. The van der Waals surface area contributed by atoms with Crippen molar-refractivity contribution in [2.75, 3.05) is 4.90 Å². The SMILES string of the molecule is Cc1ccc(C)c2c1C[C@@H](C(=O)O)N2C(=O)OCc1ccccc1. The number of carboxylic acids is 1. The number of nitrogens with zero attached hydrogens (tertiary/aromatic N) is 1. The van der Waals surface area contributed by atoms with E-state index in [0.717, 1.165) is 22.3 Å². The number of hydrogen-bond donors (Lipinski definition) is 1. The van der Waals surface area contributed by atoms with Crippen molar-refractivity contribution in [2.45, 2.75) is 32.9 Å². The van der Waals surface area contributed by atoms with Crippen molar-refractivity contribution in [3.05, 3.63) is 64.7 Å². The molecule has 2 aromatic carbocycles. The van der Waals surface area contributed by atoms with E-state index in [1.807, 2.05) is 56.3 Å². The maximum absolute atomic E-state index is 12.6. The quantitative estimate of drug-likeness (QED) is 0.938. The Bertz CT molecular complexity index is 785. The summed E-state index contributed by atoms with van der Waals surface area (Å²) in [7, 11) is 0. The van der Waals surface area contributed by atoms with Gasteiger partial charge in [-0.25, -0.2) is 9.59 Å². The van der Waals surface area contributed by atoms with Gasteiger partial charge < -0.3 is 9.84 Å². The van der Waals surface area contributed by atoms with Gasteiger partial charge in [0.15, 0.2) is 0 Å². The fourth-order valence-corrected chi connectivity index (χ4v) is 3.09. The summed E-state index contributed by atoms with van der Waals surface area (Å²) in [6.45, 7) is 3.92. The Kier molecular flexibility index (Phi) is 4.25. The van der Waals surface area contributed by atoms with Crippen LogP contribution in [0.3, 0.4) is 0 Å². The lowest BCUT2D eigenvalue weighted by Gasteiger charge is -2.23. The molecule has 0 bridgehead atoms. The Morgan fingerprint density at radius 3 is 2.46 bits per heavy atom. The summed E-state index contributed by atoms with van der Waals surface area (Å²) in [5.41, 5.74) is 4.29. The molecule has 0 radical (unpaired) electrons. The van der Waals surface area contributed by atoms with Crippen molar-refractivity contribution in [1.82, 2.24) is 0 Å². The average Bonchev–Trinajstić information content (AvgIpc) is 2.99. The Hall–Kier alpha value is -2.82. The zero-order chi connectivity index (χ0) is 17.3. The monoisotopic (exact) mass is 325 g/mol. The van der Waals surface area contributed by atoms with Crippen molar-refractivity contribution < 1.29 is 19.4 Å². The van der Waals surface area contributed by atoms with Crippen molar-refractivity contribution in [2.24, 2.45) is 0 Å². The number of amides is 1. The summed E-state index contributed by atoms with van der Waals surface area (Å²) in [6.07, 6.45) is -0.322. The highest BCUT2D eigenvalue weighted by Crippen LogP contribution is 2.38. The Balaban J connectivity index is 1.88. The molecule has 1 amide bonds. The summed E-state index contributed by atoms with van der Waals surface area (Å²) in [4.78, 5) is 25.5. The minimum atomic E-state index is -1.03. The fraction of sp³-hybridized carbons (Fsp3) is 0.263. The average molecular weight is 325 g/mol. The molecule has 5 heteroatoms. The lowest BCUT2D eigenvalue weighted by molar-refractivity contribution is -0.138. The second kappa shape index (κ2) is 6.35. The van der Waals surface area contributed by atoms with Crippen LogP contribution in [0.4, 0.5) is 10.5 Å². The van der Waals surface area contributed by atoms with Gasteiger partial charge in [0.2, 0.25) is 0 Å². The van der Waals surface area contributed by atoms with E-state index in [1.165, 1.54) is 4.90 Å². The Morgan fingerprint density at radius 2 is 1.79 bits per heavy atom. The number of aryl methyl sites for hydroxylation is 2. The van der Waals surface area contributed by atoms with Gasteiger partial charge >= 0.3 is 12.1 Å². The topological polar surface area (TPSA) is 66.8 Å². The number of ether oxygens (including phenoxy) is 1. The molecule has 0 fully saturated rings. The van der Waals surface area contributed by atoms with Crippen LogP contribution in [-0.4, -0.2) is 23.2 Å². The van der Waals surface area contributed by atoms with Crippen LogP contribution in [0.25, 0.3) is 0 Å². The summed E-state index contributed by atoms with van der Waals surface area (Å²) in [5, 5.41) is 9.52. The smallest absolute Gasteiger partial charge is 0.415 e. The van der Waals surface area contributed by atoms with E-state index in [2.05, 4.69) is 0 Å². The first kappa shape index (κ1) is 16.1. The molecule has 0 spiro atoms. The van der Waals surface area contributed by atoms with Gasteiger partial charge in [0.1, 0.15) is 12.6 Å². The van der Waals surface area contributed by atoms with Crippen LogP contribution in [0.5, 0.6) is 0 Å². The minimum Gasteiger partial charge on any atom is -0.480 e. The first-order chi connectivity index (χ1) is 11.5. The number of carbonyl (C=O) groups is 2. The van der Waals surface area contributed by atoms with Crippen molar-refractivity contribution in [1.29, 1.82) is 0 Å². The molecule has 24 heavy (non-hydrogen) atoms. The predicted octanol–water partition coefficient (Wildman–Crippen LogP) is 3.46. The molecule has 1 aliphatic rings. The molecule has 3 rings (SSSR count). The molecule has 5 nitrogen and oxygen atoms in total. The second-order valence-electron chi connectivity index (χ2n) is 5.99. The Morgan fingerprint density at radius 1 is 1.12 bits per heavy atom. The molecule has 1 heterocycles. The zero-order valence-corrected chi connectivity index (χ0v) is 13.7. The van der Waals surface area contributed by atoms with Gasteiger partial charge in [-0.2, -0.15) is 0 Å². The van der Waals surface area contributed by atoms with Crippen molar-refractivity contribution in [3.63, 3.8) is 0 Å². The van der Waals surface area contributed by atoms with E-state index >= 15 is 0 Å². The lowest BCUT2D eigenvalue weighted by Crippen LogP contribution is -2.43. The third kappa shape index (κ3) is 2.85. The number of aliphatic carboxylic acids is 1. The molecular weight excluding hydrogens is 306 g/mol. The Labute approximate surface area is 140 Å². The molecule has 1 aliphatic heterocycles. The number of rotatable bonds is 3. The first-order valence-corrected chi connectivity index (χ1v) is 7.81. The van der Waals surface area contributed by atoms with Gasteiger partial charge in [0.05, 0.1) is 5.69 Å². The molecule has 1 N–H and O–H groups in total. The van der Waals surface area contributed by atoms with Gasteiger partial charge in [-0.1, -0.05) is 42.5 Å². The maximum atomic E-state index is 12.6. The largest absolute Gasteiger partial charge is 0.480 e. The van der Waals surface area contributed by atoms with Crippen molar-refractivity contribution in [3.8, 4) is 0 Å². The van der Waals surface area contributed by atoms with Crippen molar-refractivity contribution >= 4 is 17.7 Å². The number of carbonyl (C=O) groups excluding carboxylic acids is 1. The van der Waals surface area contributed by atoms with Crippen LogP contribution >= 0.6 is 0 Å². The maximum Gasteiger partial charge on any atom is 0.415 e. The summed E-state index contributed by atoms with van der Waals surface area (Å²) >= 11 is 0. The van der Waals surface area contributed by atoms with Crippen LogP contribution in [0.2, 0.25) is 0 Å². The molecule has 0 unspecified atom stereocenters. The number of anilines is 1. The van der Waals surface area contributed by atoms with Gasteiger partial charge in [-0.3, -0.25) is 4.90 Å². The molecule has 124 valence electrons. The highest BCUT2D eigenvalue weighted by Gasteiger charge is 2.41. The highest BCUT2D eigenvalue weighted by molar-refractivity contribution is 5.99. The van der Waals surface area contributed by atoms with Gasteiger partial charge in [0.25, 0.3) is 0 Å². The third-order valence-corrected chi connectivity index (χ3v) is 4.36. The van der Waals surface area contributed by atoms with Crippen LogP contribution in [0.1, 0.15) is 22.3 Å². The number of fused-ring (bicyclic) bond motifs is 1. The fourth-order valence-electron chi connectivity index (χ4n) is 3.09. The third-order valence-electron chi connectivity index (χ3n) is 4.36. The van der Waals surface area contributed by atoms with E-state index in [1.54, 1.807) is 0 Å². The molecule has 0 saturated carbocycles. The first-order valence-electron chi connectivity index (χ1n) is 7.81. The van der Waals surface area contributed by atoms with Gasteiger partial charge in [-0.05, 0) is 36.1 Å². The second-order valence-corrected chi connectivity index (χ2v) is 5.99. The lowest BCUT2D eigenvalue weighted by atomic mass is 10.0. The van der Waals surface area contributed by atoms with Crippen LogP contribution < -0.4 is 4.90 Å². The summed E-state index contributed by atoms with van der Waals surface area (Å²) in [5.74, 6) is -1.03. The standard InChI is InChI=1S/C19H19NO4/c1-12-8-9-13(2)17-15(12)10-16(18(21)22)20(17)19(23)24-11-14-6-4-3-5-7-14/h3-9,16H,10-11H2,1-2H3,(H,21,22)/t16-/m0/s1. The zero-order valence-electron chi connectivity index (χ0n) is 13.7. The number of carboxylic acid groups (broad SMARTS) is 1. The molecule has 1 atom stereocenters. The van der Waals surface area contributed by atoms with Crippen LogP contribution in [-0.2, 0) is 22.6 Å². The van der Waals surface area contributed by atoms with E-state index in [4.69, 9.17) is 4.74 Å². The van der Waals surface area contributed by atoms with Crippen LogP contribution in [0.15, 0.2) is 42.5 Å². The normalized spacial score (nSPS) is 15.9. The predicted molar refractivity (Wildman–Crippen MR) is 90.1 cm³/mol. The molecule has 2 aromatic rings. The molecule has 0 aromatic heterocycles.